The molecule has 0 spiro atoms. The van der Waals surface area contributed by atoms with Crippen LogP contribution in [0.3, 0.4) is 0 Å². The molecular weight excluding hydrogens is 158 g/mol. The number of hydrogen-bond donors (Lipinski definition) is 0. The topological polar surface area (TPSA) is 12.9 Å². The largest absolute Gasteiger partial charge is 0.261 e. The van der Waals surface area contributed by atoms with E-state index in [-0.39, 0.29) is 0 Å². The number of aromatic nitrogens is 1. The Hall–Kier alpha value is -0.850. The Morgan fingerprint density at radius 3 is 2.69 bits per heavy atom. The minimum absolute atomic E-state index is 0.837. The lowest BCUT2D eigenvalue weighted by Crippen LogP contribution is -1.91. The van der Waals surface area contributed by atoms with Gasteiger partial charge in [0, 0.05) is 11.9 Å². The van der Waals surface area contributed by atoms with Gasteiger partial charge in [-0.05, 0) is 30.9 Å². The third-order valence-electron chi connectivity index (χ3n) is 2.19. The quantitative estimate of drug-likeness (QED) is 0.628. The van der Waals surface area contributed by atoms with Crippen molar-refractivity contribution in [2.75, 3.05) is 0 Å². The highest BCUT2D eigenvalue weighted by Gasteiger charge is 1.95. The van der Waals surface area contributed by atoms with Crippen LogP contribution in [0.4, 0.5) is 0 Å². The predicted molar refractivity (Wildman–Crippen MR) is 56.6 cm³/mol. The van der Waals surface area contributed by atoms with Crippen molar-refractivity contribution in [3.8, 4) is 0 Å². The summed E-state index contributed by atoms with van der Waals surface area (Å²) in [7, 11) is 0. The fourth-order valence-corrected chi connectivity index (χ4v) is 1.40. The summed E-state index contributed by atoms with van der Waals surface area (Å²) in [6, 6.07) is 6.14. The van der Waals surface area contributed by atoms with Crippen molar-refractivity contribution < 1.29 is 0 Å². The van der Waals surface area contributed by atoms with E-state index in [1.807, 2.05) is 12.3 Å². The van der Waals surface area contributed by atoms with E-state index >= 15 is 0 Å². The summed E-state index contributed by atoms with van der Waals surface area (Å²) in [4.78, 5) is 4.30. The van der Waals surface area contributed by atoms with E-state index in [2.05, 4.69) is 31.0 Å². The maximum absolute atomic E-state index is 4.30. The van der Waals surface area contributed by atoms with Crippen molar-refractivity contribution in [2.45, 2.75) is 39.5 Å². The first-order valence-corrected chi connectivity index (χ1v) is 5.19. The summed E-state index contributed by atoms with van der Waals surface area (Å²) in [6.07, 6.45) is 6.95. The molecule has 13 heavy (non-hydrogen) atoms. The van der Waals surface area contributed by atoms with E-state index < -0.39 is 0 Å². The van der Waals surface area contributed by atoms with Gasteiger partial charge in [-0.15, -0.1) is 0 Å². The first-order chi connectivity index (χ1) is 6.29. The molecule has 1 heteroatoms. The maximum atomic E-state index is 4.30. The molecule has 0 amide bonds. The molecule has 0 aliphatic heterocycles. The molecule has 0 aliphatic carbocycles. The van der Waals surface area contributed by atoms with Gasteiger partial charge in [0.25, 0.3) is 0 Å². The van der Waals surface area contributed by atoms with Crippen LogP contribution in [-0.4, -0.2) is 4.98 Å². The third-order valence-corrected chi connectivity index (χ3v) is 2.19. The molecule has 1 aromatic heterocycles. The Labute approximate surface area is 81.2 Å². The molecule has 0 aliphatic rings. The monoisotopic (exact) mass is 177 g/mol. The minimum atomic E-state index is 0.837. The summed E-state index contributed by atoms with van der Waals surface area (Å²) in [5, 5.41) is 0. The second-order valence-electron chi connectivity index (χ2n) is 3.96. The number of aryl methyl sites for hydroxylation is 1. The van der Waals surface area contributed by atoms with E-state index in [4.69, 9.17) is 0 Å². The molecule has 0 radical (unpaired) electrons. The van der Waals surface area contributed by atoms with Gasteiger partial charge in [-0.1, -0.05) is 32.8 Å². The van der Waals surface area contributed by atoms with Gasteiger partial charge >= 0.3 is 0 Å². The lowest BCUT2D eigenvalue weighted by Gasteiger charge is -2.03. The lowest BCUT2D eigenvalue weighted by atomic mass is 10.0. The highest BCUT2D eigenvalue weighted by atomic mass is 14.7. The second-order valence-corrected chi connectivity index (χ2v) is 3.96. The molecule has 0 bridgehead atoms. The Morgan fingerprint density at radius 1 is 1.23 bits per heavy atom. The Kier molecular flexibility index (Phi) is 4.52. The maximum Gasteiger partial charge on any atom is 0.0403 e. The molecule has 0 unspecified atom stereocenters. The van der Waals surface area contributed by atoms with Crippen LogP contribution in [0.2, 0.25) is 0 Å². The first kappa shape index (κ1) is 10.2. The van der Waals surface area contributed by atoms with Gasteiger partial charge in [-0.25, -0.2) is 0 Å². The molecule has 0 N–H and O–H groups in total. The van der Waals surface area contributed by atoms with E-state index in [0.29, 0.717) is 0 Å². The molecule has 72 valence electrons. The number of hydrogen-bond acceptors (Lipinski definition) is 1. The summed E-state index contributed by atoms with van der Waals surface area (Å²) in [5.41, 5.74) is 1.23. The number of pyridine rings is 1. The van der Waals surface area contributed by atoms with E-state index in [0.717, 1.165) is 12.3 Å². The van der Waals surface area contributed by atoms with Crippen molar-refractivity contribution >= 4 is 0 Å². The van der Waals surface area contributed by atoms with Gasteiger partial charge in [-0.3, -0.25) is 4.98 Å². The molecule has 0 aromatic carbocycles. The van der Waals surface area contributed by atoms with E-state index in [9.17, 15) is 0 Å². The van der Waals surface area contributed by atoms with E-state index in [1.54, 1.807) is 0 Å². The summed E-state index contributed by atoms with van der Waals surface area (Å²) >= 11 is 0. The SMILES string of the molecule is CC(C)CCCCc1ccccn1. The third kappa shape index (κ3) is 4.66. The van der Waals surface area contributed by atoms with Gasteiger partial charge in [0.05, 0.1) is 0 Å². The molecule has 1 nitrogen and oxygen atoms in total. The predicted octanol–water partition coefficient (Wildman–Crippen LogP) is 3.45. The average Bonchev–Trinajstić information content (AvgIpc) is 2.14. The van der Waals surface area contributed by atoms with Crippen molar-refractivity contribution in [2.24, 2.45) is 5.92 Å². The van der Waals surface area contributed by atoms with Crippen molar-refractivity contribution in [1.29, 1.82) is 0 Å². The highest BCUT2D eigenvalue weighted by Crippen LogP contribution is 2.08. The molecule has 1 rings (SSSR count). The second kappa shape index (κ2) is 5.74. The Morgan fingerprint density at radius 2 is 2.08 bits per heavy atom. The normalized spacial score (nSPS) is 10.7. The Bertz CT molecular complexity index is 216. The fourth-order valence-electron chi connectivity index (χ4n) is 1.40. The summed E-state index contributed by atoms with van der Waals surface area (Å²) < 4.78 is 0. The Balaban J connectivity index is 2.13. The zero-order chi connectivity index (χ0) is 9.52. The van der Waals surface area contributed by atoms with Crippen molar-refractivity contribution in [3.63, 3.8) is 0 Å². The first-order valence-electron chi connectivity index (χ1n) is 5.19. The van der Waals surface area contributed by atoms with E-state index in [1.165, 1.54) is 25.0 Å². The summed E-state index contributed by atoms with van der Waals surface area (Å²) in [6.45, 7) is 4.56. The molecular formula is C12H19N. The van der Waals surface area contributed by atoms with Crippen molar-refractivity contribution in [3.05, 3.63) is 30.1 Å². The molecule has 0 saturated heterocycles. The summed E-state index contributed by atoms with van der Waals surface area (Å²) in [5.74, 6) is 0.837. The van der Waals surface area contributed by atoms with Crippen LogP contribution in [0.1, 0.15) is 38.8 Å². The van der Waals surface area contributed by atoms with Gasteiger partial charge < -0.3 is 0 Å². The van der Waals surface area contributed by atoms with Crippen molar-refractivity contribution in [1.82, 2.24) is 4.98 Å². The van der Waals surface area contributed by atoms with Gasteiger partial charge in [-0.2, -0.15) is 0 Å². The van der Waals surface area contributed by atoms with Gasteiger partial charge in [0.2, 0.25) is 0 Å². The molecule has 1 aromatic rings. The smallest absolute Gasteiger partial charge is 0.0403 e. The van der Waals surface area contributed by atoms with Crippen LogP contribution in [0.25, 0.3) is 0 Å². The molecule has 0 saturated carbocycles. The number of nitrogens with zero attached hydrogens (tertiary/aromatic N) is 1. The van der Waals surface area contributed by atoms with Crippen LogP contribution < -0.4 is 0 Å². The molecule has 0 fully saturated rings. The van der Waals surface area contributed by atoms with Gasteiger partial charge in [0.15, 0.2) is 0 Å². The molecule has 0 atom stereocenters. The average molecular weight is 177 g/mol. The van der Waals surface area contributed by atoms with Crippen LogP contribution >= 0.6 is 0 Å². The van der Waals surface area contributed by atoms with Gasteiger partial charge in [0.1, 0.15) is 0 Å². The highest BCUT2D eigenvalue weighted by molar-refractivity contribution is 5.03. The fraction of sp³-hybridized carbons (Fsp3) is 0.583. The zero-order valence-corrected chi connectivity index (χ0v) is 8.66. The standard InChI is InChI=1S/C12H19N/c1-11(2)7-3-4-8-12-9-5-6-10-13-12/h5-6,9-11H,3-4,7-8H2,1-2H3. The molecule has 1 heterocycles. The minimum Gasteiger partial charge on any atom is -0.261 e. The van der Waals surface area contributed by atoms with Crippen LogP contribution in [0.15, 0.2) is 24.4 Å². The van der Waals surface area contributed by atoms with Crippen LogP contribution in [0, 0.1) is 5.92 Å². The van der Waals surface area contributed by atoms with Crippen LogP contribution in [-0.2, 0) is 6.42 Å². The number of unbranched alkanes of at least 4 members (excludes halogenated alkanes) is 1. The lowest BCUT2D eigenvalue weighted by molar-refractivity contribution is 0.536. The zero-order valence-electron chi connectivity index (χ0n) is 8.66. The number of rotatable bonds is 5. The van der Waals surface area contributed by atoms with Crippen LogP contribution in [0.5, 0.6) is 0 Å².